The highest BCUT2D eigenvalue weighted by atomic mass is 16.6. The quantitative estimate of drug-likeness (QED) is 0.398. The number of rotatable bonds is 11. The molecule has 5 N–H and O–H groups in total. The predicted octanol–water partition coefficient (Wildman–Crippen LogP) is 0.951. The zero-order valence-electron chi connectivity index (χ0n) is 16.9. The lowest BCUT2D eigenvalue weighted by Crippen LogP contribution is -2.63. The maximum Gasteiger partial charge on any atom is 0.170 e. The first-order chi connectivity index (χ1) is 12.1. The number of carbonyl (C=O) groups excluding carboxylic acids is 1. The minimum absolute atomic E-state index is 0.0764. The van der Waals surface area contributed by atoms with E-state index in [1.54, 1.807) is 13.8 Å². The molecule has 7 nitrogen and oxygen atoms in total. The molecule has 1 heterocycles. The van der Waals surface area contributed by atoms with Crippen LogP contribution in [0, 0.1) is 5.92 Å². The molecule has 1 fully saturated rings. The summed E-state index contributed by atoms with van der Waals surface area (Å²) in [5.41, 5.74) is 5.22. The van der Waals surface area contributed by atoms with E-state index in [0.29, 0.717) is 18.8 Å². The molecule has 154 valence electrons. The van der Waals surface area contributed by atoms with Gasteiger partial charge in [-0.25, -0.2) is 0 Å². The lowest BCUT2D eigenvalue weighted by Gasteiger charge is -2.41. The molecule has 3 unspecified atom stereocenters. The zero-order chi connectivity index (χ0) is 19.9. The van der Waals surface area contributed by atoms with E-state index in [9.17, 15) is 15.0 Å². The normalized spacial score (nSPS) is 28.3. The highest BCUT2D eigenvalue weighted by molar-refractivity contribution is 5.92. The van der Waals surface area contributed by atoms with Crippen LogP contribution in [-0.4, -0.2) is 65.8 Å². The van der Waals surface area contributed by atoms with Crippen LogP contribution in [0.4, 0.5) is 0 Å². The summed E-state index contributed by atoms with van der Waals surface area (Å²) in [5, 5.41) is 22.7. The standard InChI is InChI=1S/C19H38N2O5/c1-12(2)8-6-7-9-13(20)17(23)19(3,4)21-14-10-15(25-5)16(11-22)26-18(14)24/h12-16,18,21-22,24H,6-11,20H2,1-5H3/t13?,14-,15-,16?,18?/m0/s1. The molecular formula is C19H38N2O5. The second-order valence-electron chi connectivity index (χ2n) is 8.28. The van der Waals surface area contributed by atoms with Crippen molar-refractivity contribution in [2.24, 2.45) is 11.7 Å². The summed E-state index contributed by atoms with van der Waals surface area (Å²) < 4.78 is 10.7. The van der Waals surface area contributed by atoms with Crippen molar-refractivity contribution in [2.75, 3.05) is 13.7 Å². The van der Waals surface area contributed by atoms with E-state index in [4.69, 9.17) is 15.2 Å². The van der Waals surface area contributed by atoms with E-state index in [1.165, 1.54) is 7.11 Å². The Morgan fingerprint density at radius 1 is 1.35 bits per heavy atom. The van der Waals surface area contributed by atoms with Crippen molar-refractivity contribution in [2.45, 2.75) is 95.9 Å². The summed E-state index contributed by atoms with van der Waals surface area (Å²) in [6.07, 6.45) is 2.19. The summed E-state index contributed by atoms with van der Waals surface area (Å²) >= 11 is 0. The molecule has 26 heavy (non-hydrogen) atoms. The fraction of sp³-hybridized carbons (Fsp3) is 0.947. The van der Waals surface area contributed by atoms with Gasteiger partial charge in [-0.05, 0) is 32.6 Å². The Kier molecular flexibility index (Phi) is 9.64. The van der Waals surface area contributed by atoms with E-state index >= 15 is 0 Å². The number of ketones is 1. The molecule has 7 heteroatoms. The van der Waals surface area contributed by atoms with E-state index in [0.717, 1.165) is 19.3 Å². The second-order valence-corrected chi connectivity index (χ2v) is 8.28. The first kappa shape index (κ1) is 23.5. The van der Waals surface area contributed by atoms with Crippen LogP contribution in [0.5, 0.6) is 0 Å². The molecular weight excluding hydrogens is 336 g/mol. The van der Waals surface area contributed by atoms with Crippen LogP contribution in [0.2, 0.25) is 0 Å². The molecule has 1 rings (SSSR count). The van der Waals surface area contributed by atoms with Crippen LogP contribution in [0.25, 0.3) is 0 Å². The molecule has 0 aliphatic carbocycles. The molecule has 1 aliphatic rings. The maximum atomic E-state index is 12.8. The summed E-state index contributed by atoms with van der Waals surface area (Å²) in [4.78, 5) is 12.8. The van der Waals surface area contributed by atoms with Crippen LogP contribution in [0.15, 0.2) is 0 Å². The van der Waals surface area contributed by atoms with Crippen molar-refractivity contribution < 1.29 is 24.5 Å². The average Bonchev–Trinajstić information content (AvgIpc) is 2.58. The maximum absolute atomic E-state index is 12.8. The summed E-state index contributed by atoms with van der Waals surface area (Å²) in [7, 11) is 1.54. The minimum Gasteiger partial charge on any atom is -0.394 e. The van der Waals surface area contributed by atoms with Gasteiger partial charge in [0.1, 0.15) is 6.10 Å². The van der Waals surface area contributed by atoms with Gasteiger partial charge >= 0.3 is 0 Å². The highest BCUT2D eigenvalue weighted by Gasteiger charge is 2.41. The van der Waals surface area contributed by atoms with Gasteiger partial charge in [-0.1, -0.05) is 33.1 Å². The Bertz CT molecular complexity index is 430. The fourth-order valence-electron chi connectivity index (χ4n) is 3.46. The van der Waals surface area contributed by atoms with Crippen molar-refractivity contribution in [1.82, 2.24) is 5.32 Å². The topological polar surface area (TPSA) is 114 Å². The molecule has 0 spiro atoms. The van der Waals surface area contributed by atoms with Gasteiger partial charge in [0, 0.05) is 7.11 Å². The predicted molar refractivity (Wildman–Crippen MR) is 101 cm³/mol. The summed E-state index contributed by atoms with van der Waals surface area (Å²) in [5.74, 6) is 0.580. The Morgan fingerprint density at radius 3 is 2.50 bits per heavy atom. The van der Waals surface area contributed by atoms with Gasteiger partial charge in [-0.2, -0.15) is 0 Å². The molecule has 0 bridgehead atoms. The van der Waals surface area contributed by atoms with Crippen molar-refractivity contribution in [3.63, 3.8) is 0 Å². The third kappa shape index (κ3) is 6.87. The molecule has 0 aromatic carbocycles. The fourth-order valence-corrected chi connectivity index (χ4v) is 3.46. The molecule has 0 aromatic rings. The van der Waals surface area contributed by atoms with Gasteiger partial charge in [0.05, 0.1) is 30.3 Å². The van der Waals surface area contributed by atoms with Gasteiger partial charge in [0.25, 0.3) is 0 Å². The number of nitrogens with one attached hydrogen (secondary N) is 1. The number of nitrogens with two attached hydrogens (primary N) is 1. The minimum atomic E-state index is -1.12. The number of unbranched alkanes of at least 4 members (excludes halogenated alkanes) is 1. The van der Waals surface area contributed by atoms with Crippen LogP contribution >= 0.6 is 0 Å². The van der Waals surface area contributed by atoms with Gasteiger partial charge in [-0.3, -0.25) is 10.1 Å². The molecule has 5 atom stereocenters. The Hall–Kier alpha value is -0.570. The average molecular weight is 375 g/mol. The number of aliphatic hydroxyl groups excluding tert-OH is 2. The van der Waals surface area contributed by atoms with Gasteiger partial charge in [0.15, 0.2) is 12.1 Å². The molecule has 0 radical (unpaired) electrons. The zero-order valence-corrected chi connectivity index (χ0v) is 16.9. The molecule has 1 saturated heterocycles. The van der Waals surface area contributed by atoms with E-state index < -0.39 is 30.0 Å². The smallest absolute Gasteiger partial charge is 0.170 e. The molecule has 0 amide bonds. The molecule has 0 saturated carbocycles. The Morgan fingerprint density at radius 2 is 1.96 bits per heavy atom. The van der Waals surface area contributed by atoms with E-state index in [2.05, 4.69) is 19.2 Å². The highest BCUT2D eigenvalue weighted by Crippen LogP contribution is 2.24. The number of hydrogen-bond donors (Lipinski definition) is 4. The van der Waals surface area contributed by atoms with Crippen LogP contribution < -0.4 is 11.1 Å². The number of Topliss-reactive ketones (excluding diaryl/α,β-unsaturated/α-hetero) is 1. The monoisotopic (exact) mass is 374 g/mol. The van der Waals surface area contributed by atoms with Crippen molar-refractivity contribution in [3.8, 4) is 0 Å². The number of hydrogen-bond acceptors (Lipinski definition) is 7. The molecule has 1 aliphatic heterocycles. The van der Waals surface area contributed by atoms with Crippen molar-refractivity contribution >= 4 is 5.78 Å². The van der Waals surface area contributed by atoms with Crippen LogP contribution in [0.1, 0.15) is 59.8 Å². The number of carbonyl (C=O) groups is 1. The van der Waals surface area contributed by atoms with E-state index in [-0.39, 0.29) is 18.5 Å². The number of methoxy groups -OCH3 is 1. The lowest BCUT2D eigenvalue weighted by atomic mass is 9.88. The van der Waals surface area contributed by atoms with Crippen LogP contribution in [-0.2, 0) is 14.3 Å². The van der Waals surface area contributed by atoms with Gasteiger partial charge in [-0.15, -0.1) is 0 Å². The Balaban J connectivity index is 2.58. The SMILES string of the molecule is CO[C@H]1C[C@H](NC(C)(C)C(=O)C(N)CCCCC(C)C)C(O)OC1CO. The largest absolute Gasteiger partial charge is 0.394 e. The third-order valence-corrected chi connectivity index (χ3v) is 5.09. The van der Waals surface area contributed by atoms with Gasteiger partial charge in [0.2, 0.25) is 0 Å². The summed E-state index contributed by atoms with van der Waals surface area (Å²) in [6, 6.07) is -1.01. The number of ether oxygens (including phenoxy) is 2. The molecule has 0 aromatic heterocycles. The Labute approximate surface area is 157 Å². The van der Waals surface area contributed by atoms with Crippen molar-refractivity contribution in [3.05, 3.63) is 0 Å². The third-order valence-electron chi connectivity index (χ3n) is 5.09. The lowest BCUT2D eigenvalue weighted by molar-refractivity contribution is -0.228. The van der Waals surface area contributed by atoms with Crippen molar-refractivity contribution in [1.29, 1.82) is 0 Å². The van der Waals surface area contributed by atoms with Crippen LogP contribution in [0.3, 0.4) is 0 Å². The van der Waals surface area contributed by atoms with Gasteiger partial charge < -0.3 is 25.4 Å². The summed E-state index contributed by atoms with van der Waals surface area (Å²) in [6.45, 7) is 7.69. The first-order valence-electron chi connectivity index (χ1n) is 9.67. The first-order valence-corrected chi connectivity index (χ1v) is 9.67. The second kappa shape index (κ2) is 10.7. The van der Waals surface area contributed by atoms with E-state index in [1.807, 2.05) is 0 Å². The number of aliphatic hydroxyl groups is 2.